The number of fused-ring (bicyclic) bond motifs is 1. The SMILES string of the molecule is NC(=O)c1c(CC2CC2)c2ccccc2n1CC=O. The van der Waals surface area contributed by atoms with Crippen molar-refractivity contribution in [3.8, 4) is 0 Å². The lowest BCUT2D eigenvalue weighted by Crippen LogP contribution is -2.19. The summed E-state index contributed by atoms with van der Waals surface area (Å²) >= 11 is 0. The Labute approximate surface area is 111 Å². The molecule has 1 amide bonds. The van der Waals surface area contributed by atoms with Crippen LogP contribution >= 0.6 is 0 Å². The van der Waals surface area contributed by atoms with Crippen LogP contribution in [-0.4, -0.2) is 16.8 Å². The van der Waals surface area contributed by atoms with E-state index in [0.717, 1.165) is 29.2 Å². The van der Waals surface area contributed by atoms with E-state index in [-0.39, 0.29) is 6.54 Å². The standard InChI is InChI=1S/C15H16N2O2/c16-15(19)14-12(9-10-5-6-10)11-3-1-2-4-13(11)17(14)7-8-18/h1-4,8,10H,5-7,9H2,(H2,16,19). The molecular weight excluding hydrogens is 240 g/mol. The summed E-state index contributed by atoms with van der Waals surface area (Å²) in [6.45, 7) is 0.170. The number of nitrogens with zero attached hydrogens (tertiary/aromatic N) is 1. The summed E-state index contributed by atoms with van der Waals surface area (Å²) in [4.78, 5) is 22.6. The van der Waals surface area contributed by atoms with Crippen LogP contribution in [0.15, 0.2) is 24.3 Å². The van der Waals surface area contributed by atoms with E-state index in [0.29, 0.717) is 11.6 Å². The fourth-order valence-corrected chi connectivity index (χ4v) is 2.74. The highest BCUT2D eigenvalue weighted by Gasteiger charge is 2.27. The Hall–Kier alpha value is -2.10. The summed E-state index contributed by atoms with van der Waals surface area (Å²) in [5.74, 6) is 0.210. The molecule has 2 aromatic rings. The molecule has 1 aromatic heterocycles. The van der Waals surface area contributed by atoms with E-state index in [9.17, 15) is 9.59 Å². The van der Waals surface area contributed by atoms with Gasteiger partial charge in [0.05, 0.1) is 6.54 Å². The smallest absolute Gasteiger partial charge is 0.265 e. The second-order valence-corrected chi connectivity index (χ2v) is 5.13. The van der Waals surface area contributed by atoms with Crippen molar-refractivity contribution in [2.45, 2.75) is 25.8 Å². The average Bonchev–Trinajstić information content (AvgIpc) is 3.15. The fourth-order valence-electron chi connectivity index (χ4n) is 2.74. The van der Waals surface area contributed by atoms with E-state index in [1.807, 2.05) is 24.3 Å². The van der Waals surface area contributed by atoms with Gasteiger partial charge in [0.15, 0.2) is 0 Å². The number of aldehydes is 1. The van der Waals surface area contributed by atoms with E-state index in [2.05, 4.69) is 0 Å². The number of hydrogen-bond donors (Lipinski definition) is 1. The second-order valence-electron chi connectivity index (χ2n) is 5.13. The molecule has 0 aliphatic heterocycles. The lowest BCUT2D eigenvalue weighted by molar-refractivity contribution is -0.108. The quantitative estimate of drug-likeness (QED) is 0.830. The summed E-state index contributed by atoms with van der Waals surface area (Å²) in [6.07, 6.45) is 4.11. The lowest BCUT2D eigenvalue weighted by atomic mass is 10.0. The average molecular weight is 256 g/mol. The van der Waals surface area contributed by atoms with Crippen LogP contribution in [0.2, 0.25) is 0 Å². The Morgan fingerprint density at radius 3 is 2.74 bits per heavy atom. The molecule has 4 heteroatoms. The van der Waals surface area contributed by atoms with Gasteiger partial charge >= 0.3 is 0 Å². The minimum absolute atomic E-state index is 0.170. The van der Waals surface area contributed by atoms with Gasteiger partial charge in [0, 0.05) is 10.9 Å². The molecule has 0 spiro atoms. The molecule has 0 radical (unpaired) electrons. The van der Waals surface area contributed by atoms with Crippen LogP contribution < -0.4 is 5.73 Å². The van der Waals surface area contributed by atoms with Crippen molar-refractivity contribution < 1.29 is 9.59 Å². The number of hydrogen-bond acceptors (Lipinski definition) is 2. The van der Waals surface area contributed by atoms with Gasteiger partial charge in [0.1, 0.15) is 12.0 Å². The third-order valence-corrected chi connectivity index (χ3v) is 3.76. The Morgan fingerprint density at radius 1 is 1.37 bits per heavy atom. The monoisotopic (exact) mass is 256 g/mol. The Bertz CT molecular complexity index is 653. The molecule has 0 saturated heterocycles. The van der Waals surface area contributed by atoms with Gasteiger partial charge in [0.25, 0.3) is 5.91 Å². The van der Waals surface area contributed by atoms with Crippen LogP contribution in [0.1, 0.15) is 28.9 Å². The first-order chi connectivity index (χ1) is 9.22. The van der Waals surface area contributed by atoms with Crippen molar-refractivity contribution in [2.75, 3.05) is 0 Å². The highest BCUT2D eigenvalue weighted by molar-refractivity contribution is 6.01. The number of primary amides is 1. The summed E-state index contributed by atoms with van der Waals surface area (Å²) in [7, 11) is 0. The van der Waals surface area contributed by atoms with Gasteiger partial charge < -0.3 is 15.1 Å². The van der Waals surface area contributed by atoms with Crippen LogP contribution in [0, 0.1) is 5.92 Å². The maximum Gasteiger partial charge on any atom is 0.265 e. The van der Waals surface area contributed by atoms with E-state index < -0.39 is 5.91 Å². The molecule has 0 atom stereocenters. The predicted octanol–water partition coefficient (Wildman–Crippen LogP) is 1.89. The predicted molar refractivity (Wildman–Crippen MR) is 72.9 cm³/mol. The molecule has 98 valence electrons. The minimum Gasteiger partial charge on any atom is -0.364 e. The van der Waals surface area contributed by atoms with Gasteiger partial charge in [-0.05, 0) is 36.8 Å². The molecule has 1 aliphatic carbocycles. The first-order valence-corrected chi connectivity index (χ1v) is 6.56. The number of amides is 1. The summed E-state index contributed by atoms with van der Waals surface area (Å²) in [5, 5.41) is 1.05. The van der Waals surface area contributed by atoms with Gasteiger partial charge in [-0.15, -0.1) is 0 Å². The zero-order valence-electron chi connectivity index (χ0n) is 10.6. The first-order valence-electron chi connectivity index (χ1n) is 6.56. The molecule has 3 rings (SSSR count). The van der Waals surface area contributed by atoms with Crippen molar-refractivity contribution in [3.63, 3.8) is 0 Å². The summed E-state index contributed by atoms with van der Waals surface area (Å²) in [5.41, 5.74) is 7.95. The number of nitrogens with two attached hydrogens (primary N) is 1. The molecule has 1 aromatic carbocycles. The van der Waals surface area contributed by atoms with Crippen molar-refractivity contribution in [3.05, 3.63) is 35.5 Å². The summed E-state index contributed by atoms with van der Waals surface area (Å²) < 4.78 is 1.74. The van der Waals surface area contributed by atoms with E-state index in [1.54, 1.807) is 4.57 Å². The third-order valence-electron chi connectivity index (χ3n) is 3.76. The molecule has 1 fully saturated rings. The van der Waals surface area contributed by atoms with Crippen molar-refractivity contribution >= 4 is 23.1 Å². The molecule has 4 nitrogen and oxygen atoms in total. The number of carbonyl (C=O) groups is 2. The number of rotatable bonds is 5. The van der Waals surface area contributed by atoms with Crippen LogP contribution in [0.3, 0.4) is 0 Å². The molecule has 1 saturated carbocycles. The highest BCUT2D eigenvalue weighted by atomic mass is 16.1. The second kappa shape index (κ2) is 4.53. The van der Waals surface area contributed by atoms with Crippen LogP contribution in [0.5, 0.6) is 0 Å². The molecule has 2 N–H and O–H groups in total. The topological polar surface area (TPSA) is 65.1 Å². The Balaban J connectivity index is 2.26. The number of aromatic nitrogens is 1. The van der Waals surface area contributed by atoms with Gasteiger partial charge in [-0.25, -0.2) is 0 Å². The molecule has 0 bridgehead atoms. The number of benzene rings is 1. The van der Waals surface area contributed by atoms with Crippen LogP contribution in [0.25, 0.3) is 10.9 Å². The Morgan fingerprint density at radius 2 is 2.11 bits per heavy atom. The van der Waals surface area contributed by atoms with E-state index >= 15 is 0 Å². The van der Waals surface area contributed by atoms with Crippen molar-refractivity contribution in [2.24, 2.45) is 11.7 Å². The van der Waals surface area contributed by atoms with Gasteiger partial charge in [-0.2, -0.15) is 0 Å². The molecule has 1 heterocycles. The van der Waals surface area contributed by atoms with Crippen molar-refractivity contribution in [1.29, 1.82) is 0 Å². The third kappa shape index (κ3) is 2.03. The molecule has 1 aliphatic rings. The van der Waals surface area contributed by atoms with E-state index in [1.165, 1.54) is 12.8 Å². The maximum absolute atomic E-state index is 11.8. The lowest BCUT2D eigenvalue weighted by Gasteiger charge is -2.05. The fraction of sp³-hybridized carbons (Fsp3) is 0.333. The van der Waals surface area contributed by atoms with Crippen molar-refractivity contribution in [1.82, 2.24) is 4.57 Å². The zero-order valence-corrected chi connectivity index (χ0v) is 10.6. The van der Waals surface area contributed by atoms with Crippen LogP contribution in [-0.2, 0) is 17.8 Å². The zero-order chi connectivity index (χ0) is 13.4. The molecule has 0 unspecified atom stereocenters. The largest absolute Gasteiger partial charge is 0.364 e. The van der Waals surface area contributed by atoms with Gasteiger partial charge in [0.2, 0.25) is 0 Å². The molecular formula is C15H16N2O2. The summed E-state index contributed by atoms with van der Waals surface area (Å²) in [6, 6.07) is 7.80. The highest BCUT2D eigenvalue weighted by Crippen LogP contribution is 2.37. The number of para-hydroxylation sites is 1. The molecule has 19 heavy (non-hydrogen) atoms. The minimum atomic E-state index is -0.450. The number of carbonyl (C=O) groups excluding carboxylic acids is 2. The van der Waals surface area contributed by atoms with Gasteiger partial charge in [-0.3, -0.25) is 4.79 Å². The van der Waals surface area contributed by atoms with Crippen LogP contribution in [0.4, 0.5) is 0 Å². The normalized spacial score (nSPS) is 14.7. The first kappa shape index (κ1) is 12.0. The van der Waals surface area contributed by atoms with Gasteiger partial charge in [-0.1, -0.05) is 18.2 Å². The maximum atomic E-state index is 11.8. The Kier molecular flexibility index (Phi) is 2.85. The van der Waals surface area contributed by atoms with E-state index in [4.69, 9.17) is 5.73 Å².